The van der Waals surface area contributed by atoms with Crippen LogP contribution in [-0.2, 0) is 0 Å². The second-order valence-corrected chi connectivity index (χ2v) is 5.27. The van der Waals surface area contributed by atoms with E-state index in [4.69, 9.17) is 16.9 Å². The lowest BCUT2D eigenvalue weighted by molar-refractivity contribution is 0.191. The highest BCUT2D eigenvalue weighted by Gasteiger charge is 2.39. The Morgan fingerprint density at radius 2 is 2.20 bits per heavy atom. The molecule has 0 unspecified atom stereocenters. The Morgan fingerprint density at radius 1 is 1.45 bits per heavy atom. The fraction of sp³-hybridized carbons (Fsp3) is 0.286. The van der Waals surface area contributed by atoms with Crippen molar-refractivity contribution in [3.8, 4) is 6.07 Å². The van der Waals surface area contributed by atoms with Gasteiger partial charge in [0, 0.05) is 5.70 Å². The van der Waals surface area contributed by atoms with E-state index in [0.29, 0.717) is 34.9 Å². The molecule has 1 atom stereocenters. The predicted molar refractivity (Wildman–Crippen MR) is 74.4 cm³/mol. The molecule has 0 aliphatic carbocycles. The van der Waals surface area contributed by atoms with E-state index >= 15 is 0 Å². The number of nitrogens with zero attached hydrogens (tertiary/aromatic N) is 3. The minimum atomic E-state index is -0.582. The van der Waals surface area contributed by atoms with Gasteiger partial charge in [-0.05, 0) is 30.7 Å². The number of benzene rings is 1. The van der Waals surface area contributed by atoms with Gasteiger partial charge < -0.3 is 5.11 Å². The predicted octanol–water partition coefficient (Wildman–Crippen LogP) is 2.02. The molecule has 1 saturated heterocycles. The summed E-state index contributed by atoms with van der Waals surface area (Å²) in [5.74, 6) is 0. The van der Waals surface area contributed by atoms with Crippen molar-refractivity contribution < 1.29 is 9.90 Å². The zero-order valence-corrected chi connectivity index (χ0v) is 11.6. The van der Waals surface area contributed by atoms with Crippen LogP contribution < -0.4 is 4.90 Å². The largest absolute Gasteiger partial charge is 0.387 e. The van der Waals surface area contributed by atoms with Crippen LogP contribution in [-0.4, -0.2) is 35.2 Å². The van der Waals surface area contributed by atoms with Crippen molar-refractivity contribution in [3.63, 3.8) is 0 Å². The molecule has 0 radical (unpaired) electrons. The molecule has 1 N–H and O–H groups in total. The highest BCUT2D eigenvalue weighted by molar-refractivity contribution is 6.33. The van der Waals surface area contributed by atoms with Crippen LogP contribution in [0.1, 0.15) is 11.1 Å². The average Bonchev–Trinajstić information content (AvgIpc) is 2.92. The summed E-state index contributed by atoms with van der Waals surface area (Å²) in [5.41, 5.74) is 2.61. The molecule has 6 heteroatoms. The second-order valence-electron chi connectivity index (χ2n) is 4.89. The third-order valence-electron chi connectivity index (χ3n) is 3.65. The number of halogens is 1. The number of carbonyl (C=O) groups is 1. The van der Waals surface area contributed by atoms with Gasteiger partial charge in [-0.1, -0.05) is 11.6 Å². The standard InChI is InChI=1S/C14H12ClN3O2/c1-8-12(3-2-9(5-16)13(8)15)18-6-10-4-11(19)7-17(10)14(18)20/h2-4,11,19H,6-7H2,1H3/t11-/m1/s1. The fourth-order valence-electron chi connectivity index (χ4n) is 2.63. The summed E-state index contributed by atoms with van der Waals surface area (Å²) in [4.78, 5) is 15.5. The molecule has 102 valence electrons. The van der Waals surface area contributed by atoms with Crippen LogP contribution in [0.2, 0.25) is 5.02 Å². The Balaban J connectivity index is 2.00. The monoisotopic (exact) mass is 289 g/mol. The maximum atomic E-state index is 12.3. The maximum Gasteiger partial charge on any atom is 0.329 e. The summed E-state index contributed by atoms with van der Waals surface area (Å²) in [7, 11) is 0. The molecule has 2 aliphatic heterocycles. The van der Waals surface area contributed by atoms with Gasteiger partial charge in [0.15, 0.2) is 0 Å². The number of anilines is 1. The number of aliphatic hydroxyl groups is 1. The number of fused-ring (bicyclic) bond motifs is 1. The molecule has 1 aromatic carbocycles. The number of hydrogen-bond acceptors (Lipinski definition) is 3. The van der Waals surface area contributed by atoms with Gasteiger partial charge in [-0.25, -0.2) is 4.79 Å². The first kappa shape index (κ1) is 13.0. The molecular weight excluding hydrogens is 278 g/mol. The lowest BCUT2D eigenvalue weighted by Crippen LogP contribution is -2.33. The minimum Gasteiger partial charge on any atom is -0.387 e. The number of nitriles is 1. The third-order valence-corrected chi connectivity index (χ3v) is 4.14. The zero-order valence-electron chi connectivity index (χ0n) is 10.8. The summed E-state index contributed by atoms with van der Waals surface area (Å²) >= 11 is 6.14. The first-order valence-corrected chi connectivity index (χ1v) is 6.57. The molecule has 0 aromatic heterocycles. The van der Waals surface area contributed by atoms with Gasteiger partial charge in [0.05, 0.1) is 35.5 Å². The molecule has 5 nitrogen and oxygen atoms in total. The molecule has 20 heavy (non-hydrogen) atoms. The third kappa shape index (κ3) is 1.77. The van der Waals surface area contributed by atoms with E-state index in [1.54, 1.807) is 34.9 Å². The number of urea groups is 1. The van der Waals surface area contributed by atoms with Crippen molar-refractivity contribution in [2.24, 2.45) is 0 Å². The van der Waals surface area contributed by atoms with Gasteiger partial charge in [0.2, 0.25) is 0 Å². The maximum absolute atomic E-state index is 12.3. The molecule has 1 fully saturated rings. The van der Waals surface area contributed by atoms with E-state index < -0.39 is 6.10 Å². The number of carbonyl (C=O) groups excluding carboxylic acids is 1. The number of amides is 2. The number of rotatable bonds is 1. The first-order chi connectivity index (χ1) is 9.52. The van der Waals surface area contributed by atoms with Gasteiger partial charge >= 0.3 is 6.03 Å². The van der Waals surface area contributed by atoms with E-state index in [0.717, 1.165) is 5.70 Å². The Labute approximate surface area is 121 Å². The van der Waals surface area contributed by atoms with Gasteiger partial charge in [0.25, 0.3) is 0 Å². The van der Waals surface area contributed by atoms with Gasteiger partial charge in [-0.15, -0.1) is 0 Å². The van der Waals surface area contributed by atoms with Gasteiger partial charge in [-0.2, -0.15) is 5.26 Å². The van der Waals surface area contributed by atoms with Crippen molar-refractivity contribution in [1.29, 1.82) is 5.26 Å². The SMILES string of the molecule is Cc1c(N2CC3=C[C@@H](O)CN3C2=O)ccc(C#N)c1Cl. The zero-order chi connectivity index (χ0) is 14.4. The lowest BCUT2D eigenvalue weighted by Gasteiger charge is -2.20. The Bertz CT molecular complexity index is 678. The number of aliphatic hydroxyl groups excluding tert-OH is 1. The van der Waals surface area contributed by atoms with Crippen LogP contribution in [0.15, 0.2) is 23.9 Å². The van der Waals surface area contributed by atoms with Crippen LogP contribution in [0.5, 0.6) is 0 Å². The molecule has 2 heterocycles. The summed E-state index contributed by atoms with van der Waals surface area (Å²) < 4.78 is 0. The van der Waals surface area contributed by atoms with Crippen molar-refractivity contribution in [2.45, 2.75) is 13.0 Å². The van der Waals surface area contributed by atoms with Gasteiger partial charge in [-0.3, -0.25) is 9.80 Å². The lowest BCUT2D eigenvalue weighted by atomic mass is 10.1. The van der Waals surface area contributed by atoms with Crippen LogP contribution in [0.25, 0.3) is 0 Å². The Morgan fingerprint density at radius 3 is 2.85 bits per heavy atom. The van der Waals surface area contributed by atoms with Crippen molar-refractivity contribution in [3.05, 3.63) is 40.1 Å². The average molecular weight is 290 g/mol. The van der Waals surface area contributed by atoms with E-state index in [2.05, 4.69) is 0 Å². The van der Waals surface area contributed by atoms with Crippen LogP contribution in [0, 0.1) is 18.3 Å². The highest BCUT2D eigenvalue weighted by atomic mass is 35.5. The summed E-state index contributed by atoms with van der Waals surface area (Å²) in [6, 6.07) is 5.20. The summed E-state index contributed by atoms with van der Waals surface area (Å²) in [6.45, 7) is 2.51. The molecule has 0 saturated carbocycles. The van der Waals surface area contributed by atoms with Crippen molar-refractivity contribution in [2.75, 3.05) is 18.0 Å². The topological polar surface area (TPSA) is 67.6 Å². The first-order valence-electron chi connectivity index (χ1n) is 6.20. The highest BCUT2D eigenvalue weighted by Crippen LogP contribution is 2.35. The molecular formula is C14H12ClN3O2. The number of hydrogen-bond donors (Lipinski definition) is 1. The van der Waals surface area contributed by atoms with Crippen LogP contribution in [0.4, 0.5) is 10.5 Å². The summed E-state index contributed by atoms with van der Waals surface area (Å²) in [5, 5.41) is 18.9. The van der Waals surface area contributed by atoms with E-state index in [9.17, 15) is 9.90 Å². The molecule has 2 aliphatic rings. The van der Waals surface area contributed by atoms with E-state index in [1.165, 1.54) is 0 Å². The van der Waals surface area contributed by atoms with Gasteiger partial charge in [0.1, 0.15) is 6.07 Å². The normalized spacial score (nSPS) is 21.0. The fourth-order valence-corrected chi connectivity index (χ4v) is 2.83. The Hall–Kier alpha value is -2.03. The summed E-state index contributed by atoms with van der Waals surface area (Å²) in [6.07, 6.45) is 1.11. The van der Waals surface area contributed by atoms with Crippen molar-refractivity contribution >= 4 is 23.3 Å². The molecule has 1 aromatic rings. The quantitative estimate of drug-likeness (QED) is 0.860. The smallest absolute Gasteiger partial charge is 0.329 e. The van der Waals surface area contributed by atoms with E-state index in [1.807, 2.05) is 6.07 Å². The molecule has 3 rings (SSSR count). The molecule has 2 amide bonds. The van der Waals surface area contributed by atoms with E-state index in [-0.39, 0.29) is 6.03 Å². The van der Waals surface area contributed by atoms with Crippen LogP contribution >= 0.6 is 11.6 Å². The Kier molecular flexibility index (Phi) is 2.93. The minimum absolute atomic E-state index is 0.170. The van der Waals surface area contributed by atoms with Crippen LogP contribution in [0.3, 0.4) is 0 Å². The second kappa shape index (κ2) is 4.51. The molecule has 0 spiro atoms. The van der Waals surface area contributed by atoms with Crippen molar-refractivity contribution in [1.82, 2.24) is 4.90 Å². The molecule has 0 bridgehead atoms.